The average Bonchev–Trinajstić information content (AvgIpc) is 2.55. The van der Waals surface area contributed by atoms with E-state index in [4.69, 9.17) is 4.74 Å². The summed E-state index contributed by atoms with van der Waals surface area (Å²) in [7, 11) is 0. The largest absolute Gasteiger partial charge is 0.465 e. The average molecular weight is 355 g/mol. The minimum atomic E-state index is 0.0163. The zero-order chi connectivity index (χ0) is 18.9. The number of hydrogen-bond acceptors (Lipinski definition) is 2. The van der Waals surface area contributed by atoms with E-state index in [0.717, 1.165) is 18.3 Å². The van der Waals surface area contributed by atoms with E-state index < -0.39 is 0 Å². The van der Waals surface area contributed by atoms with E-state index in [0.29, 0.717) is 18.9 Å². The molecule has 0 amide bonds. The van der Waals surface area contributed by atoms with Crippen LogP contribution in [-0.4, -0.2) is 12.6 Å². The van der Waals surface area contributed by atoms with Gasteiger partial charge in [0.15, 0.2) is 0 Å². The van der Waals surface area contributed by atoms with E-state index in [9.17, 15) is 4.79 Å². The molecule has 150 valence electrons. The highest BCUT2D eigenvalue weighted by atomic mass is 16.5. The molecule has 0 bridgehead atoms. The molecule has 0 aliphatic carbocycles. The molecule has 0 fully saturated rings. The number of rotatable bonds is 17. The van der Waals surface area contributed by atoms with Crippen LogP contribution in [-0.2, 0) is 9.53 Å². The molecule has 0 radical (unpaired) electrons. The van der Waals surface area contributed by atoms with Gasteiger partial charge in [0.1, 0.15) is 0 Å². The van der Waals surface area contributed by atoms with Crippen molar-refractivity contribution in [3.63, 3.8) is 0 Å². The highest BCUT2D eigenvalue weighted by molar-refractivity contribution is 5.69. The summed E-state index contributed by atoms with van der Waals surface area (Å²) in [6.45, 7) is 12.0. The molecule has 0 aromatic carbocycles. The van der Waals surface area contributed by atoms with Crippen LogP contribution >= 0.6 is 0 Å². The first-order valence-electron chi connectivity index (χ1n) is 11.1. The van der Waals surface area contributed by atoms with Gasteiger partial charge in [0.2, 0.25) is 0 Å². The number of esters is 1. The second-order valence-electron chi connectivity index (χ2n) is 8.72. The summed E-state index contributed by atoms with van der Waals surface area (Å²) in [5, 5.41) is 0. The summed E-state index contributed by atoms with van der Waals surface area (Å²) in [6, 6.07) is 0. The number of ether oxygens (including phenoxy) is 1. The topological polar surface area (TPSA) is 26.3 Å². The van der Waals surface area contributed by atoms with Crippen molar-refractivity contribution in [3.8, 4) is 0 Å². The van der Waals surface area contributed by atoms with Gasteiger partial charge in [-0.3, -0.25) is 4.79 Å². The molecule has 0 heterocycles. The Balaban J connectivity index is 3.55. The molecule has 2 nitrogen and oxygen atoms in total. The summed E-state index contributed by atoms with van der Waals surface area (Å²) >= 11 is 0. The predicted octanol–water partition coefficient (Wildman–Crippen LogP) is 7.55. The van der Waals surface area contributed by atoms with E-state index in [2.05, 4.69) is 34.6 Å². The Labute approximate surface area is 158 Å². The van der Waals surface area contributed by atoms with Crippen LogP contribution in [0.2, 0.25) is 0 Å². The highest BCUT2D eigenvalue weighted by Crippen LogP contribution is 2.18. The molecular formula is C23H46O2. The van der Waals surface area contributed by atoms with Crippen molar-refractivity contribution >= 4 is 5.97 Å². The Hall–Kier alpha value is -0.530. The standard InChI is InChI=1S/C23H46O2/c1-6-14-22(18-17-21(4)5)19-25-23(24)16-13-11-9-7-8-10-12-15-20(2)3/h20-22H,6-19H2,1-5H3. The Morgan fingerprint density at radius 2 is 1.28 bits per heavy atom. The molecule has 1 unspecified atom stereocenters. The first kappa shape index (κ1) is 24.5. The van der Waals surface area contributed by atoms with Gasteiger partial charge in [0.05, 0.1) is 6.61 Å². The van der Waals surface area contributed by atoms with E-state index in [1.165, 1.54) is 70.6 Å². The Morgan fingerprint density at radius 3 is 1.84 bits per heavy atom. The van der Waals surface area contributed by atoms with Crippen LogP contribution in [0, 0.1) is 17.8 Å². The lowest BCUT2D eigenvalue weighted by Crippen LogP contribution is -2.15. The van der Waals surface area contributed by atoms with Crippen molar-refractivity contribution in [3.05, 3.63) is 0 Å². The second kappa shape index (κ2) is 16.9. The van der Waals surface area contributed by atoms with Crippen molar-refractivity contribution in [2.45, 2.75) is 118 Å². The van der Waals surface area contributed by atoms with Crippen molar-refractivity contribution in [1.82, 2.24) is 0 Å². The van der Waals surface area contributed by atoms with Gasteiger partial charge < -0.3 is 4.74 Å². The summed E-state index contributed by atoms with van der Waals surface area (Å²) in [4.78, 5) is 11.9. The Morgan fingerprint density at radius 1 is 0.720 bits per heavy atom. The van der Waals surface area contributed by atoms with Gasteiger partial charge >= 0.3 is 5.97 Å². The lowest BCUT2D eigenvalue weighted by atomic mass is 9.95. The van der Waals surface area contributed by atoms with Gasteiger partial charge in [-0.1, -0.05) is 92.4 Å². The van der Waals surface area contributed by atoms with Gasteiger partial charge in [-0.2, -0.15) is 0 Å². The van der Waals surface area contributed by atoms with Crippen LogP contribution in [0.15, 0.2) is 0 Å². The smallest absolute Gasteiger partial charge is 0.305 e. The lowest BCUT2D eigenvalue weighted by Gasteiger charge is -2.17. The molecule has 0 aliphatic rings. The number of carbonyl (C=O) groups is 1. The van der Waals surface area contributed by atoms with Crippen LogP contribution in [0.1, 0.15) is 118 Å². The third kappa shape index (κ3) is 18.1. The molecule has 1 atom stereocenters. The summed E-state index contributed by atoms with van der Waals surface area (Å²) in [6.07, 6.45) is 15.6. The minimum Gasteiger partial charge on any atom is -0.465 e. The fraction of sp³-hybridized carbons (Fsp3) is 0.957. The fourth-order valence-electron chi connectivity index (χ4n) is 3.28. The minimum absolute atomic E-state index is 0.0163. The monoisotopic (exact) mass is 354 g/mol. The molecule has 2 heteroatoms. The Kier molecular flexibility index (Phi) is 16.6. The zero-order valence-electron chi connectivity index (χ0n) is 17.9. The molecular weight excluding hydrogens is 308 g/mol. The highest BCUT2D eigenvalue weighted by Gasteiger charge is 2.12. The van der Waals surface area contributed by atoms with Gasteiger partial charge in [-0.15, -0.1) is 0 Å². The van der Waals surface area contributed by atoms with Crippen LogP contribution in [0.3, 0.4) is 0 Å². The molecule has 0 saturated carbocycles. The van der Waals surface area contributed by atoms with E-state index in [1.807, 2.05) is 0 Å². The first-order chi connectivity index (χ1) is 12.0. The molecule has 0 rings (SSSR count). The normalized spacial score (nSPS) is 12.8. The lowest BCUT2D eigenvalue weighted by molar-refractivity contribution is -0.145. The van der Waals surface area contributed by atoms with Crippen molar-refractivity contribution < 1.29 is 9.53 Å². The van der Waals surface area contributed by atoms with E-state index >= 15 is 0 Å². The first-order valence-corrected chi connectivity index (χ1v) is 11.1. The van der Waals surface area contributed by atoms with Crippen molar-refractivity contribution in [2.75, 3.05) is 6.61 Å². The number of hydrogen-bond donors (Lipinski definition) is 0. The van der Waals surface area contributed by atoms with Crippen molar-refractivity contribution in [1.29, 1.82) is 0 Å². The molecule has 0 spiro atoms. The van der Waals surface area contributed by atoms with Crippen LogP contribution in [0.4, 0.5) is 0 Å². The molecule has 0 aromatic heterocycles. The zero-order valence-corrected chi connectivity index (χ0v) is 17.9. The quantitative estimate of drug-likeness (QED) is 0.199. The molecule has 0 N–H and O–H groups in total. The molecule has 0 aliphatic heterocycles. The summed E-state index contributed by atoms with van der Waals surface area (Å²) in [5.41, 5.74) is 0. The SMILES string of the molecule is CCCC(CCC(C)C)COC(=O)CCCCCCCCCC(C)C. The maximum absolute atomic E-state index is 11.9. The maximum Gasteiger partial charge on any atom is 0.305 e. The summed E-state index contributed by atoms with van der Waals surface area (Å²) in [5.74, 6) is 2.15. The van der Waals surface area contributed by atoms with Crippen LogP contribution < -0.4 is 0 Å². The van der Waals surface area contributed by atoms with Gasteiger partial charge in [0.25, 0.3) is 0 Å². The van der Waals surface area contributed by atoms with E-state index in [-0.39, 0.29) is 5.97 Å². The Bertz CT molecular complexity index is 296. The van der Waals surface area contributed by atoms with Crippen LogP contribution in [0.5, 0.6) is 0 Å². The van der Waals surface area contributed by atoms with Gasteiger partial charge in [0, 0.05) is 6.42 Å². The van der Waals surface area contributed by atoms with E-state index in [1.54, 1.807) is 0 Å². The molecule has 25 heavy (non-hydrogen) atoms. The second-order valence-corrected chi connectivity index (χ2v) is 8.72. The third-order valence-corrected chi connectivity index (χ3v) is 4.99. The summed E-state index contributed by atoms with van der Waals surface area (Å²) < 4.78 is 5.53. The number of carbonyl (C=O) groups excluding carboxylic acids is 1. The predicted molar refractivity (Wildman–Crippen MR) is 110 cm³/mol. The fourth-order valence-corrected chi connectivity index (χ4v) is 3.28. The van der Waals surface area contributed by atoms with Gasteiger partial charge in [-0.25, -0.2) is 0 Å². The number of unbranched alkanes of at least 4 members (excludes halogenated alkanes) is 6. The molecule has 0 saturated heterocycles. The molecule has 0 aromatic rings. The van der Waals surface area contributed by atoms with Gasteiger partial charge in [-0.05, 0) is 37.0 Å². The third-order valence-electron chi connectivity index (χ3n) is 4.99. The van der Waals surface area contributed by atoms with Crippen LogP contribution in [0.25, 0.3) is 0 Å². The maximum atomic E-state index is 11.9. The van der Waals surface area contributed by atoms with Crippen molar-refractivity contribution in [2.24, 2.45) is 17.8 Å².